The predicted octanol–water partition coefficient (Wildman–Crippen LogP) is 2.74. The van der Waals surface area contributed by atoms with Crippen LogP contribution in [0.2, 0.25) is 0 Å². The van der Waals surface area contributed by atoms with Gasteiger partial charge in [-0.1, -0.05) is 0 Å². The van der Waals surface area contributed by atoms with Crippen molar-refractivity contribution in [2.45, 2.75) is 26.4 Å². The molecule has 2 heterocycles. The number of pyridine rings is 1. The van der Waals surface area contributed by atoms with Crippen LogP contribution >= 0.6 is 15.9 Å². The normalized spacial score (nSPS) is 12.7. The molecule has 2 rings (SSSR count). The van der Waals surface area contributed by atoms with Gasteiger partial charge in [-0.2, -0.15) is 5.10 Å². The lowest BCUT2D eigenvalue weighted by Gasteiger charge is -2.13. The SMILES string of the molecule is Cc1c(C(C)NCc2ccc(Br)cn2)cnn1C. The van der Waals surface area contributed by atoms with E-state index in [-0.39, 0.29) is 6.04 Å². The Morgan fingerprint density at radius 2 is 2.17 bits per heavy atom. The Labute approximate surface area is 116 Å². The van der Waals surface area contributed by atoms with E-state index in [1.54, 1.807) is 0 Å². The summed E-state index contributed by atoms with van der Waals surface area (Å²) in [5.74, 6) is 0. The van der Waals surface area contributed by atoms with Crippen LogP contribution in [0.25, 0.3) is 0 Å². The fraction of sp³-hybridized carbons (Fsp3) is 0.385. The average Bonchev–Trinajstić information content (AvgIpc) is 2.69. The molecule has 0 saturated carbocycles. The molecule has 0 aliphatic rings. The molecule has 0 bridgehead atoms. The first-order valence-electron chi connectivity index (χ1n) is 5.90. The van der Waals surface area contributed by atoms with E-state index in [2.05, 4.69) is 45.2 Å². The highest BCUT2D eigenvalue weighted by Crippen LogP contribution is 2.16. The van der Waals surface area contributed by atoms with E-state index >= 15 is 0 Å². The zero-order valence-corrected chi connectivity index (χ0v) is 12.4. The second-order valence-electron chi connectivity index (χ2n) is 4.38. The minimum absolute atomic E-state index is 0.268. The van der Waals surface area contributed by atoms with Gasteiger partial charge in [-0.25, -0.2) is 0 Å². The third kappa shape index (κ3) is 2.97. The summed E-state index contributed by atoms with van der Waals surface area (Å²) in [4.78, 5) is 4.34. The molecule has 1 atom stereocenters. The van der Waals surface area contributed by atoms with Crippen LogP contribution in [0.5, 0.6) is 0 Å². The van der Waals surface area contributed by atoms with Crippen LogP contribution in [0, 0.1) is 6.92 Å². The van der Waals surface area contributed by atoms with Gasteiger partial charge in [0.25, 0.3) is 0 Å². The maximum atomic E-state index is 4.34. The van der Waals surface area contributed by atoms with E-state index in [9.17, 15) is 0 Å². The standard InChI is InChI=1S/C13H17BrN4/c1-9(13-8-17-18(3)10(13)2)15-7-12-5-4-11(14)6-16-12/h4-6,8-9,15H,7H2,1-3H3. The van der Waals surface area contributed by atoms with Gasteiger partial charge in [-0.05, 0) is 41.9 Å². The van der Waals surface area contributed by atoms with Crippen LogP contribution in [0.1, 0.15) is 29.9 Å². The van der Waals surface area contributed by atoms with Crippen LogP contribution < -0.4 is 5.32 Å². The number of aromatic nitrogens is 3. The zero-order chi connectivity index (χ0) is 13.1. The number of halogens is 1. The van der Waals surface area contributed by atoms with Crippen LogP contribution in [0.15, 0.2) is 29.0 Å². The Morgan fingerprint density at radius 3 is 2.72 bits per heavy atom. The molecular weight excluding hydrogens is 292 g/mol. The molecule has 0 aromatic carbocycles. The Kier molecular flexibility index (Phi) is 4.14. The van der Waals surface area contributed by atoms with Crippen molar-refractivity contribution in [1.29, 1.82) is 0 Å². The quantitative estimate of drug-likeness (QED) is 0.944. The number of hydrogen-bond acceptors (Lipinski definition) is 3. The zero-order valence-electron chi connectivity index (χ0n) is 10.8. The lowest BCUT2D eigenvalue weighted by molar-refractivity contribution is 0.564. The predicted molar refractivity (Wildman–Crippen MR) is 75.1 cm³/mol. The van der Waals surface area contributed by atoms with Crippen LogP contribution in [0.3, 0.4) is 0 Å². The summed E-state index contributed by atoms with van der Waals surface area (Å²) in [7, 11) is 1.96. The number of nitrogens with zero attached hydrogens (tertiary/aromatic N) is 3. The first kappa shape index (κ1) is 13.2. The fourth-order valence-electron chi connectivity index (χ4n) is 1.82. The topological polar surface area (TPSA) is 42.7 Å². The van der Waals surface area contributed by atoms with E-state index in [1.165, 1.54) is 11.3 Å². The summed E-state index contributed by atoms with van der Waals surface area (Å²) in [5.41, 5.74) is 3.46. The van der Waals surface area contributed by atoms with Gasteiger partial charge in [0.15, 0.2) is 0 Å². The van der Waals surface area contributed by atoms with Gasteiger partial charge >= 0.3 is 0 Å². The van der Waals surface area contributed by atoms with Gasteiger partial charge in [-0.3, -0.25) is 9.67 Å². The summed E-state index contributed by atoms with van der Waals surface area (Å²) in [6.45, 7) is 4.98. The van der Waals surface area contributed by atoms with E-state index < -0.39 is 0 Å². The van der Waals surface area contributed by atoms with E-state index in [0.717, 1.165) is 16.7 Å². The van der Waals surface area contributed by atoms with Gasteiger partial charge in [0.1, 0.15) is 0 Å². The summed E-state index contributed by atoms with van der Waals surface area (Å²) < 4.78 is 2.90. The number of rotatable bonds is 4. The number of hydrogen-bond donors (Lipinski definition) is 1. The van der Waals surface area contributed by atoms with Crippen molar-refractivity contribution in [3.8, 4) is 0 Å². The molecule has 5 heteroatoms. The highest BCUT2D eigenvalue weighted by atomic mass is 79.9. The minimum Gasteiger partial charge on any atom is -0.304 e. The fourth-order valence-corrected chi connectivity index (χ4v) is 2.05. The first-order valence-corrected chi connectivity index (χ1v) is 6.69. The van der Waals surface area contributed by atoms with Gasteiger partial charge in [0.2, 0.25) is 0 Å². The Bertz CT molecular complexity index is 518. The van der Waals surface area contributed by atoms with Crippen molar-refractivity contribution < 1.29 is 0 Å². The third-order valence-electron chi connectivity index (χ3n) is 3.12. The smallest absolute Gasteiger partial charge is 0.0542 e. The lowest BCUT2D eigenvalue weighted by atomic mass is 10.1. The maximum absolute atomic E-state index is 4.34. The second kappa shape index (κ2) is 5.63. The molecule has 2 aromatic rings. The van der Waals surface area contributed by atoms with Crippen molar-refractivity contribution in [1.82, 2.24) is 20.1 Å². The summed E-state index contributed by atoms with van der Waals surface area (Å²) in [5, 5.41) is 7.72. The number of aryl methyl sites for hydroxylation is 1. The molecule has 0 spiro atoms. The highest BCUT2D eigenvalue weighted by molar-refractivity contribution is 9.10. The minimum atomic E-state index is 0.268. The third-order valence-corrected chi connectivity index (χ3v) is 3.59. The molecule has 0 amide bonds. The molecular formula is C13H17BrN4. The average molecular weight is 309 g/mol. The van der Waals surface area contributed by atoms with Gasteiger partial charge in [0.05, 0.1) is 11.9 Å². The van der Waals surface area contributed by atoms with Gasteiger partial charge in [0, 0.05) is 41.6 Å². The van der Waals surface area contributed by atoms with Crippen LogP contribution in [-0.4, -0.2) is 14.8 Å². The molecule has 0 aliphatic heterocycles. The van der Waals surface area contributed by atoms with Crippen molar-refractivity contribution in [3.63, 3.8) is 0 Å². The van der Waals surface area contributed by atoms with Crippen molar-refractivity contribution in [2.24, 2.45) is 7.05 Å². The molecule has 0 aliphatic carbocycles. The van der Waals surface area contributed by atoms with E-state index in [1.807, 2.05) is 36.3 Å². The number of nitrogens with one attached hydrogen (secondary N) is 1. The molecule has 4 nitrogen and oxygen atoms in total. The van der Waals surface area contributed by atoms with Crippen molar-refractivity contribution >= 4 is 15.9 Å². The van der Waals surface area contributed by atoms with Gasteiger partial charge < -0.3 is 5.32 Å². The summed E-state index contributed by atoms with van der Waals surface area (Å²) in [6, 6.07) is 4.29. The molecule has 1 N–H and O–H groups in total. The molecule has 1 unspecified atom stereocenters. The van der Waals surface area contributed by atoms with Gasteiger partial charge in [-0.15, -0.1) is 0 Å². The largest absolute Gasteiger partial charge is 0.304 e. The van der Waals surface area contributed by atoms with E-state index in [4.69, 9.17) is 0 Å². The monoisotopic (exact) mass is 308 g/mol. The van der Waals surface area contributed by atoms with E-state index in [0.29, 0.717) is 0 Å². The van der Waals surface area contributed by atoms with Crippen LogP contribution in [0.4, 0.5) is 0 Å². The Morgan fingerprint density at radius 1 is 1.39 bits per heavy atom. The second-order valence-corrected chi connectivity index (χ2v) is 5.29. The van der Waals surface area contributed by atoms with Crippen molar-refractivity contribution in [3.05, 3.63) is 46.0 Å². The maximum Gasteiger partial charge on any atom is 0.0542 e. The molecule has 0 saturated heterocycles. The first-order chi connectivity index (χ1) is 8.58. The molecule has 2 aromatic heterocycles. The highest BCUT2D eigenvalue weighted by Gasteiger charge is 2.11. The molecule has 0 fully saturated rings. The molecule has 18 heavy (non-hydrogen) atoms. The molecule has 96 valence electrons. The summed E-state index contributed by atoms with van der Waals surface area (Å²) in [6.07, 6.45) is 3.74. The Balaban J connectivity index is 1.98. The Hall–Kier alpha value is -1.20. The molecule has 0 radical (unpaired) electrons. The van der Waals surface area contributed by atoms with Crippen molar-refractivity contribution in [2.75, 3.05) is 0 Å². The lowest BCUT2D eigenvalue weighted by Crippen LogP contribution is -2.19. The van der Waals surface area contributed by atoms with Crippen LogP contribution in [-0.2, 0) is 13.6 Å². The summed E-state index contributed by atoms with van der Waals surface area (Å²) >= 11 is 3.38.